The molecule has 0 spiro atoms. The molecule has 0 aromatic heterocycles. The van der Waals surface area contributed by atoms with Crippen LogP contribution in [-0.4, -0.2) is 43.5 Å². The number of carbonyl (C=O) groups excluding carboxylic acids is 1. The molecule has 1 amide bonds. The minimum absolute atomic E-state index is 0.0708. The summed E-state index contributed by atoms with van der Waals surface area (Å²) in [6, 6.07) is 17.4. The van der Waals surface area contributed by atoms with Crippen LogP contribution in [0.4, 0.5) is 10.1 Å². The maximum Gasteiger partial charge on any atom is 0.234 e. The van der Waals surface area contributed by atoms with Crippen molar-refractivity contribution in [2.45, 2.75) is 25.3 Å². The Balaban J connectivity index is 1.26. The summed E-state index contributed by atoms with van der Waals surface area (Å²) < 4.78 is 13.6. The van der Waals surface area contributed by atoms with Crippen LogP contribution in [0.1, 0.15) is 30.9 Å². The maximum atomic E-state index is 13.6. The second kappa shape index (κ2) is 8.74. The average molecular weight is 381 g/mol. The number of amides is 1. The van der Waals surface area contributed by atoms with Gasteiger partial charge >= 0.3 is 0 Å². The molecule has 2 atom stereocenters. The quantitative estimate of drug-likeness (QED) is 0.830. The molecule has 2 aliphatic heterocycles. The molecule has 4 nitrogen and oxygen atoms in total. The summed E-state index contributed by atoms with van der Waals surface area (Å²) in [5.41, 5.74) is 2.23. The highest BCUT2D eigenvalue weighted by atomic mass is 19.1. The number of rotatable bonds is 6. The molecule has 0 saturated carbocycles. The van der Waals surface area contributed by atoms with Gasteiger partial charge in [-0.25, -0.2) is 4.39 Å². The van der Waals surface area contributed by atoms with E-state index >= 15 is 0 Å². The highest BCUT2D eigenvalue weighted by molar-refractivity contribution is 5.78. The summed E-state index contributed by atoms with van der Waals surface area (Å²) in [7, 11) is 0. The highest BCUT2D eigenvalue weighted by Gasteiger charge is 2.28. The third-order valence-electron chi connectivity index (χ3n) is 5.94. The molecule has 2 heterocycles. The molecule has 2 aliphatic rings. The van der Waals surface area contributed by atoms with E-state index in [-0.39, 0.29) is 17.8 Å². The van der Waals surface area contributed by atoms with Crippen molar-refractivity contribution in [2.24, 2.45) is 5.92 Å². The van der Waals surface area contributed by atoms with Crippen molar-refractivity contribution >= 4 is 11.6 Å². The molecule has 1 N–H and O–H groups in total. The Morgan fingerprint density at radius 2 is 1.93 bits per heavy atom. The zero-order chi connectivity index (χ0) is 19.3. The third kappa shape index (κ3) is 4.53. The number of halogens is 1. The van der Waals surface area contributed by atoms with Gasteiger partial charge < -0.3 is 10.2 Å². The number of carbonyl (C=O) groups is 1. The Hall–Kier alpha value is -2.40. The first kappa shape index (κ1) is 18.9. The van der Waals surface area contributed by atoms with E-state index < -0.39 is 0 Å². The van der Waals surface area contributed by atoms with Gasteiger partial charge in [0.05, 0.1) is 6.54 Å². The van der Waals surface area contributed by atoms with E-state index in [0.29, 0.717) is 12.5 Å². The van der Waals surface area contributed by atoms with Gasteiger partial charge in [0.25, 0.3) is 0 Å². The van der Waals surface area contributed by atoms with Crippen LogP contribution in [0.3, 0.4) is 0 Å². The first-order valence-electron chi connectivity index (χ1n) is 10.3. The summed E-state index contributed by atoms with van der Waals surface area (Å²) in [5, 5.41) is 3.13. The van der Waals surface area contributed by atoms with Crippen molar-refractivity contribution < 1.29 is 9.18 Å². The van der Waals surface area contributed by atoms with Gasteiger partial charge in [0.1, 0.15) is 5.82 Å². The van der Waals surface area contributed by atoms with E-state index in [1.54, 1.807) is 12.1 Å². The summed E-state index contributed by atoms with van der Waals surface area (Å²) in [6.45, 7) is 4.02. The van der Waals surface area contributed by atoms with E-state index in [9.17, 15) is 9.18 Å². The Kier molecular flexibility index (Phi) is 5.91. The molecule has 2 fully saturated rings. The fraction of sp³-hybridized carbons (Fsp3) is 0.435. The van der Waals surface area contributed by atoms with Gasteiger partial charge in [-0.2, -0.15) is 0 Å². The molecular formula is C23H28FN3O. The molecule has 2 saturated heterocycles. The predicted molar refractivity (Wildman–Crippen MR) is 110 cm³/mol. The average Bonchev–Trinajstić information content (AvgIpc) is 3.37. The van der Waals surface area contributed by atoms with Crippen molar-refractivity contribution in [3.63, 3.8) is 0 Å². The van der Waals surface area contributed by atoms with Crippen LogP contribution in [0.5, 0.6) is 0 Å². The van der Waals surface area contributed by atoms with Crippen LogP contribution in [0, 0.1) is 11.7 Å². The first-order chi connectivity index (χ1) is 13.7. The highest BCUT2D eigenvalue weighted by Crippen LogP contribution is 2.31. The zero-order valence-electron chi connectivity index (χ0n) is 16.2. The number of hydrogen-bond donors (Lipinski definition) is 1. The standard InChI is InChI=1S/C23H28FN3O/c24-20-7-4-6-19(14-20)22-10-5-12-27(22)17-23(28)25-15-18-11-13-26(16-18)21-8-2-1-3-9-21/h1-4,6-9,14,18,22H,5,10-13,15-17H2,(H,25,28)/t18-,22+/m0/s1. The van der Waals surface area contributed by atoms with Gasteiger partial charge in [0.2, 0.25) is 5.91 Å². The first-order valence-corrected chi connectivity index (χ1v) is 10.3. The SMILES string of the molecule is O=C(CN1CCC[C@@H]1c1cccc(F)c1)NC[C@@H]1CCN(c2ccccc2)C1. The van der Waals surface area contributed by atoms with Crippen molar-refractivity contribution in [2.75, 3.05) is 37.6 Å². The third-order valence-corrected chi connectivity index (χ3v) is 5.94. The lowest BCUT2D eigenvalue weighted by Gasteiger charge is -2.24. The second-order valence-electron chi connectivity index (χ2n) is 7.92. The largest absolute Gasteiger partial charge is 0.371 e. The molecule has 2 aromatic rings. The Bertz CT molecular complexity index is 797. The predicted octanol–water partition coefficient (Wildman–Crippen LogP) is 3.61. The number of para-hydroxylation sites is 1. The van der Waals surface area contributed by atoms with Gasteiger partial charge in [-0.3, -0.25) is 9.69 Å². The second-order valence-corrected chi connectivity index (χ2v) is 7.92. The van der Waals surface area contributed by atoms with Gasteiger partial charge in [-0.15, -0.1) is 0 Å². The lowest BCUT2D eigenvalue weighted by Crippen LogP contribution is -2.39. The molecule has 0 unspecified atom stereocenters. The molecule has 28 heavy (non-hydrogen) atoms. The van der Waals surface area contributed by atoms with Crippen molar-refractivity contribution in [3.8, 4) is 0 Å². The Morgan fingerprint density at radius 1 is 1.07 bits per heavy atom. The number of nitrogens with one attached hydrogen (secondary N) is 1. The van der Waals surface area contributed by atoms with Crippen molar-refractivity contribution in [1.82, 2.24) is 10.2 Å². The van der Waals surface area contributed by atoms with Crippen LogP contribution >= 0.6 is 0 Å². The topological polar surface area (TPSA) is 35.6 Å². The monoisotopic (exact) mass is 381 g/mol. The van der Waals surface area contributed by atoms with Gasteiger partial charge in [-0.05, 0) is 61.6 Å². The molecular weight excluding hydrogens is 353 g/mol. The van der Waals surface area contributed by atoms with Crippen LogP contribution in [-0.2, 0) is 4.79 Å². The Labute approximate surface area is 166 Å². The lowest BCUT2D eigenvalue weighted by molar-refractivity contribution is -0.122. The minimum Gasteiger partial charge on any atom is -0.371 e. The number of anilines is 1. The van der Waals surface area contributed by atoms with Crippen molar-refractivity contribution in [3.05, 3.63) is 66.0 Å². The number of likely N-dealkylation sites (tertiary alicyclic amines) is 1. The number of benzene rings is 2. The van der Waals surface area contributed by atoms with E-state index in [1.807, 2.05) is 12.1 Å². The molecule has 0 aliphatic carbocycles. The van der Waals surface area contributed by atoms with Crippen LogP contribution < -0.4 is 10.2 Å². The van der Waals surface area contributed by atoms with Crippen LogP contribution in [0.15, 0.2) is 54.6 Å². The minimum atomic E-state index is -0.210. The summed E-state index contributed by atoms with van der Waals surface area (Å²) >= 11 is 0. The van der Waals surface area contributed by atoms with Gasteiger partial charge in [-0.1, -0.05) is 30.3 Å². The molecule has 5 heteroatoms. The molecule has 0 bridgehead atoms. The smallest absolute Gasteiger partial charge is 0.234 e. The zero-order valence-corrected chi connectivity index (χ0v) is 16.2. The van der Waals surface area contributed by atoms with E-state index in [4.69, 9.17) is 0 Å². The number of hydrogen-bond acceptors (Lipinski definition) is 3. The van der Waals surface area contributed by atoms with E-state index in [0.717, 1.165) is 51.0 Å². The number of nitrogens with zero attached hydrogens (tertiary/aromatic N) is 2. The molecule has 148 valence electrons. The van der Waals surface area contributed by atoms with Crippen LogP contribution in [0.2, 0.25) is 0 Å². The maximum absolute atomic E-state index is 13.6. The summed E-state index contributed by atoms with van der Waals surface area (Å²) in [6.07, 6.45) is 3.12. The Morgan fingerprint density at radius 3 is 2.75 bits per heavy atom. The summed E-state index contributed by atoms with van der Waals surface area (Å²) in [4.78, 5) is 17.1. The van der Waals surface area contributed by atoms with Gasteiger partial charge in [0.15, 0.2) is 0 Å². The fourth-order valence-electron chi connectivity index (χ4n) is 4.48. The van der Waals surface area contributed by atoms with E-state index in [2.05, 4.69) is 39.4 Å². The van der Waals surface area contributed by atoms with Crippen LogP contribution in [0.25, 0.3) is 0 Å². The normalized spacial score (nSPS) is 22.5. The fourth-order valence-corrected chi connectivity index (χ4v) is 4.48. The molecule has 4 rings (SSSR count). The van der Waals surface area contributed by atoms with E-state index in [1.165, 1.54) is 11.8 Å². The summed E-state index contributed by atoms with van der Waals surface area (Å²) in [5.74, 6) is 0.348. The van der Waals surface area contributed by atoms with Crippen molar-refractivity contribution in [1.29, 1.82) is 0 Å². The van der Waals surface area contributed by atoms with Gasteiger partial charge in [0, 0.05) is 31.4 Å². The molecule has 0 radical (unpaired) electrons. The lowest BCUT2D eigenvalue weighted by atomic mass is 10.0. The molecule has 2 aromatic carbocycles.